The minimum atomic E-state index is -3.20. The number of hydrogen-bond donors (Lipinski definition) is 1. The third-order valence-corrected chi connectivity index (χ3v) is 5.65. The van der Waals surface area contributed by atoms with E-state index in [1.165, 1.54) is 40.3 Å². The van der Waals surface area contributed by atoms with Gasteiger partial charge in [0.1, 0.15) is 0 Å². The van der Waals surface area contributed by atoms with Gasteiger partial charge in [0.15, 0.2) is 6.23 Å². The predicted octanol–water partition coefficient (Wildman–Crippen LogP) is 3.55. The van der Waals surface area contributed by atoms with E-state index >= 15 is 0 Å². The number of hydrogen-bond acceptors (Lipinski definition) is 6. The van der Waals surface area contributed by atoms with E-state index < -0.39 is 30.6 Å². The number of rotatable bonds is 8. The molecular formula is C25H23F3N4O4. The van der Waals surface area contributed by atoms with E-state index in [2.05, 4.69) is 4.98 Å². The SMILES string of the molecule is NC(=O)c1ccc(N(C(=O)C(OC(F)F)N2CCOCC2)c2ccc(-c3cccnc3F)cc2)cc1. The smallest absolute Gasteiger partial charge is 0.347 e. The van der Waals surface area contributed by atoms with Crippen molar-refractivity contribution < 1.29 is 32.2 Å². The molecule has 2 amide bonds. The lowest BCUT2D eigenvalue weighted by atomic mass is 10.1. The highest BCUT2D eigenvalue weighted by atomic mass is 19.3. The Morgan fingerprint density at radius 3 is 2.17 bits per heavy atom. The van der Waals surface area contributed by atoms with Gasteiger partial charge in [-0.05, 0) is 54.1 Å². The molecule has 0 spiro atoms. The molecule has 2 aromatic carbocycles. The van der Waals surface area contributed by atoms with Crippen molar-refractivity contribution in [3.05, 3.63) is 78.4 Å². The molecule has 2 N–H and O–H groups in total. The van der Waals surface area contributed by atoms with Crippen molar-refractivity contribution >= 4 is 23.2 Å². The summed E-state index contributed by atoms with van der Waals surface area (Å²) in [4.78, 5) is 31.6. The first-order chi connectivity index (χ1) is 17.3. The van der Waals surface area contributed by atoms with Crippen molar-refractivity contribution in [2.45, 2.75) is 12.8 Å². The van der Waals surface area contributed by atoms with Gasteiger partial charge in [-0.15, -0.1) is 0 Å². The number of aromatic nitrogens is 1. The van der Waals surface area contributed by atoms with Crippen LogP contribution < -0.4 is 10.6 Å². The number of anilines is 2. The number of morpholine rings is 1. The fraction of sp³-hybridized carbons (Fsp3) is 0.240. The molecule has 1 aromatic heterocycles. The van der Waals surface area contributed by atoms with Gasteiger partial charge in [-0.3, -0.25) is 24.1 Å². The Balaban J connectivity index is 1.74. The van der Waals surface area contributed by atoms with Gasteiger partial charge in [0.25, 0.3) is 5.91 Å². The molecule has 1 saturated heterocycles. The van der Waals surface area contributed by atoms with E-state index in [4.69, 9.17) is 15.2 Å². The zero-order valence-electron chi connectivity index (χ0n) is 19.0. The number of ether oxygens (including phenoxy) is 2. The molecule has 1 atom stereocenters. The summed E-state index contributed by atoms with van der Waals surface area (Å²) in [5.41, 5.74) is 6.91. The summed E-state index contributed by atoms with van der Waals surface area (Å²) in [5, 5.41) is 0. The second-order valence-corrected chi connectivity index (χ2v) is 7.87. The number of nitrogens with zero attached hydrogens (tertiary/aromatic N) is 3. The zero-order valence-corrected chi connectivity index (χ0v) is 19.0. The van der Waals surface area contributed by atoms with Crippen molar-refractivity contribution in [3.8, 4) is 11.1 Å². The van der Waals surface area contributed by atoms with E-state index in [-0.39, 0.29) is 37.4 Å². The lowest BCUT2D eigenvalue weighted by molar-refractivity contribution is -0.211. The van der Waals surface area contributed by atoms with Crippen LogP contribution in [0, 0.1) is 5.95 Å². The third kappa shape index (κ3) is 5.70. The average molecular weight is 500 g/mol. The first-order valence-corrected chi connectivity index (χ1v) is 11.1. The number of halogens is 3. The van der Waals surface area contributed by atoms with Gasteiger partial charge in [0.2, 0.25) is 11.9 Å². The molecule has 188 valence electrons. The van der Waals surface area contributed by atoms with Crippen LogP contribution in [0.5, 0.6) is 0 Å². The Morgan fingerprint density at radius 2 is 1.61 bits per heavy atom. The van der Waals surface area contributed by atoms with Crippen molar-refractivity contribution in [1.29, 1.82) is 0 Å². The van der Waals surface area contributed by atoms with Gasteiger partial charge in [0.05, 0.1) is 13.2 Å². The van der Waals surface area contributed by atoms with Crippen LogP contribution in [0.15, 0.2) is 66.9 Å². The topological polar surface area (TPSA) is 98.0 Å². The van der Waals surface area contributed by atoms with Gasteiger partial charge in [-0.2, -0.15) is 13.2 Å². The number of nitrogens with two attached hydrogens (primary N) is 1. The quantitative estimate of drug-likeness (QED) is 0.475. The van der Waals surface area contributed by atoms with Crippen LogP contribution in [0.3, 0.4) is 0 Å². The Kier molecular flexibility index (Phi) is 7.93. The van der Waals surface area contributed by atoms with Crippen molar-refractivity contribution in [1.82, 2.24) is 9.88 Å². The average Bonchev–Trinajstić information content (AvgIpc) is 2.89. The summed E-state index contributed by atoms with van der Waals surface area (Å²) in [7, 11) is 0. The van der Waals surface area contributed by atoms with E-state index in [1.54, 1.807) is 36.4 Å². The van der Waals surface area contributed by atoms with Gasteiger partial charge < -0.3 is 10.5 Å². The second-order valence-electron chi connectivity index (χ2n) is 7.87. The molecule has 36 heavy (non-hydrogen) atoms. The fourth-order valence-electron chi connectivity index (χ4n) is 3.89. The number of benzene rings is 2. The monoisotopic (exact) mass is 500 g/mol. The lowest BCUT2D eigenvalue weighted by Gasteiger charge is -2.36. The zero-order chi connectivity index (χ0) is 25.7. The van der Waals surface area contributed by atoms with Crippen LogP contribution in [0.1, 0.15) is 10.4 Å². The highest BCUT2D eigenvalue weighted by molar-refractivity contribution is 6.03. The minimum absolute atomic E-state index is 0.210. The number of carbonyl (C=O) groups is 2. The van der Waals surface area contributed by atoms with Crippen LogP contribution in [-0.4, -0.2) is 60.8 Å². The second kappa shape index (κ2) is 11.3. The molecule has 1 aliphatic heterocycles. The van der Waals surface area contributed by atoms with Gasteiger partial charge >= 0.3 is 6.61 Å². The van der Waals surface area contributed by atoms with Crippen LogP contribution in [-0.2, 0) is 14.3 Å². The molecule has 1 fully saturated rings. The molecule has 8 nitrogen and oxygen atoms in total. The minimum Gasteiger partial charge on any atom is -0.379 e. The summed E-state index contributed by atoms with van der Waals surface area (Å²) in [6.07, 6.45) is -0.266. The molecule has 0 saturated carbocycles. The first kappa shape index (κ1) is 25.3. The number of carbonyl (C=O) groups excluding carboxylic acids is 2. The number of amides is 2. The van der Waals surface area contributed by atoms with E-state index in [1.807, 2.05) is 0 Å². The molecule has 11 heteroatoms. The maximum absolute atomic E-state index is 14.1. The summed E-state index contributed by atoms with van der Waals surface area (Å²) in [5.74, 6) is -2.09. The predicted molar refractivity (Wildman–Crippen MR) is 125 cm³/mol. The van der Waals surface area contributed by atoms with Gasteiger partial charge in [0, 0.05) is 41.8 Å². The van der Waals surface area contributed by atoms with E-state index in [0.29, 0.717) is 16.9 Å². The van der Waals surface area contributed by atoms with Crippen LogP contribution in [0.25, 0.3) is 11.1 Å². The van der Waals surface area contributed by atoms with E-state index in [9.17, 15) is 22.8 Å². The maximum atomic E-state index is 14.1. The standard InChI is InChI=1S/C25H23F3N4O4/c26-21-20(2-1-11-30-21)16-3-7-18(8-4-16)32(19-9-5-17(6-10-19)22(29)33)23(34)24(36-25(27)28)31-12-14-35-15-13-31/h1-11,24-25H,12-15H2,(H2,29,33). The Bertz CT molecular complexity index is 1200. The number of alkyl halides is 2. The maximum Gasteiger partial charge on any atom is 0.347 e. The van der Waals surface area contributed by atoms with E-state index in [0.717, 1.165) is 0 Å². The molecule has 1 aliphatic rings. The van der Waals surface area contributed by atoms with Crippen LogP contribution >= 0.6 is 0 Å². The Hall–Kier alpha value is -3.80. The molecule has 3 aromatic rings. The molecule has 0 aliphatic carbocycles. The number of pyridine rings is 1. The summed E-state index contributed by atoms with van der Waals surface area (Å²) in [6.45, 7) is -2.24. The molecule has 0 radical (unpaired) electrons. The Morgan fingerprint density at radius 1 is 1.00 bits per heavy atom. The molecule has 1 unspecified atom stereocenters. The Labute approximate surface area is 205 Å². The molecule has 2 heterocycles. The molecule has 4 rings (SSSR count). The van der Waals surface area contributed by atoms with Crippen molar-refractivity contribution in [3.63, 3.8) is 0 Å². The third-order valence-electron chi connectivity index (χ3n) is 5.65. The van der Waals surface area contributed by atoms with Gasteiger partial charge in [-0.25, -0.2) is 4.98 Å². The summed E-state index contributed by atoms with van der Waals surface area (Å²) >= 11 is 0. The summed E-state index contributed by atoms with van der Waals surface area (Å²) in [6, 6.07) is 15.3. The normalized spacial score (nSPS) is 15.0. The molecule has 0 bridgehead atoms. The lowest BCUT2D eigenvalue weighted by Crippen LogP contribution is -2.53. The largest absolute Gasteiger partial charge is 0.379 e. The highest BCUT2D eigenvalue weighted by Gasteiger charge is 2.35. The van der Waals surface area contributed by atoms with Gasteiger partial charge in [-0.1, -0.05) is 12.1 Å². The van der Waals surface area contributed by atoms with Crippen molar-refractivity contribution in [2.75, 3.05) is 31.2 Å². The van der Waals surface area contributed by atoms with Crippen LogP contribution in [0.2, 0.25) is 0 Å². The fourth-order valence-corrected chi connectivity index (χ4v) is 3.89. The first-order valence-electron chi connectivity index (χ1n) is 11.1. The number of primary amides is 1. The van der Waals surface area contributed by atoms with Crippen LogP contribution in [0.4, 0.5) is 24.5 Å². The van der Waals surface area contributed by atoms with Crippen molar-refractivity contribution in [2.24, 2.45) is 5.73 Å². The highest BCUT2D eigenvalue weighted by Crippen LogP contribution is 2.31. The summed E-state index contributed by atoms with van der Waals surface area (Å²) < 4.78 is 50.9. The molecular weight excluding hydrogens is 477 g/mol.